The molecule has 3 rings (SSSR count). The number of hydrogen-bond donors (Lipinski definition) is 1. The molecule has 6 nitrogen and oxygen atoms in total. The SMILES string of the molecule is Cc1ccc(C)c(COC(=O)CN2C(=O)N[C@]3(C[C@H](C)CC(C)(C)C3)C2=O)c1. The van der Waals surface area contributed by atoms with Gasteiger partial charge in [0.1, 0.15) is 18.7 Å². The first-order chi connectivity index (χ1) is 13.0. The van der Waals surface area contributed by atoms with E-state index in [0.29, 0.717) is 18.8 Å². The van der Waals surface area contributed by atoms with E-state index in [4.69, 9.17) is 4.74 Å². The molecule has 1 heterocycles. The number of nitrogens with zero attached hydrogens (tertiary/aromatic N) is 1. The third-order valence-corrected chi connectivity index (χ3v) is 5.80. The fraction of sp³-hybridized carbons (Fsp3) is 0.591. The number of amides is 3. The first kappa shape index (κ1) is 20.4. The van der Waals surface area contributed by atoms with Crippen LogP contribution < -0.4 is 5.32 Å². The Hall–Kier alpha value is -2.37. The molecule has 3 amide bonds. The molecule has 1 spiro atoms. The fourth-order valence-electron chi connectivity index (χ4n) is 4.94. The second-order valence-electron chi connectivity index (χ2n) is 9.35. The molecule has 0 aromatic heterocycles. The van der Waals surface area contributed by atoms with Crippen molar-refractivity contribution in [2.24, 2.45) is 11.3 Å². The predicted molar refractivity (Wildman–Crippen MR) is 105 cm³/mol. The molecule has 1 aliphatic carbocycles. The van der Waals surface area contributed by atoms with Crippen molar-refractivity contribution < 1.29 is 19.1 Å². The maximum Gasteiger partial charge on any atom is 0.326 e. The molecule has 1 N–H and O–H groups in total. The first-order valence-electron chi connectivity index (χ1n) is 9.87. The van der Waals surface area contributed by atoms with Gasteiger partial charge >= 0.3 is 12.0 Å². The Labute approximate surface area is 166 Å². The molecule has 1 saturated heterocycles. The summed E-state index contributed by atoms with van der Waals surface area (Å²) in [7, 11) is 0. The van der Waals surface area contributed by atoms with Gasteiger partial charge in [-0.25, -0.2) is 4.79 Å². The number of esters is 1. The second-order valence-corrected chi connectivity index (χ2v) is 9.35. The van der Waals surface area contributed by atoms with Crippen LogP contribution >= 0.6 is 0 Å². The fourth-order valence-corrected chi connectivity index (χ4v) is 4.94. The molecular formula is C22H30N2O4. The minimum atomic E-state index is -0.897. The largest absolute Gasteiger partial charge is 0.459 e. The van der Waals surface area contributed by atoms with E-state index in [0.717, 1.165) is 28.0 Å². The summed E-state index contributed by atoms with van der Waals surface area (Å²) >= 11 is 0. The molecule has 0 radical (unpaired) electrons. The van der Waals surface area contributed by atoms with Gasteiger partial charge in [-0.3, -0.25) is 14.5 Å². The van der Waals surface area contributed by atoms with E-state index in [9.17, 15) is 14.4 Å². The van der Waals surface area contributed by atoms with E-state index in [1.54, 1.807) is 0 Å². The Kier molecular flexibility index (Phi) is 5.26. The van der Waals surface area contributed by atoms with Crippen LogP contribution in [0.1, 0.15) is 56.7 Å². The van der Waals surface area contributed by atoms with Gasteiger partial charge in [0.25, 0.3) is 5.91 Å². The van der Waals surface area contributed by atoms with Crippen LogP contribution in [0, 0.1) is 25.2 Å². The lowest BCUT2D eigenvalue weighted by Crippen LogP contribution is -2.54. The predicted octanol–water partition coefficient (Wildman–Crippen LogP) is 3.48. The number of hydrogen-bond acceptors (Lipinski definition) is 4. The van der Waals surface area contributed by atoms with Gasteiger partial charge in [0, 0.05) is 0 Å². The van der Waals surface area contributed by atoms with Crippen molar-refractivity contribution in [1.82, 2.24) is 10.2 Å². The Balaban J connectivity index is 1.66. The average Bonchev–Trinajstić information content (AvgIpc) is 2.77. The standard InChI is InChI=1S/C22H30N2O4/c1-14-6-7-16(3)17(8-14)12-28-18(25)11-24-19(26)22(23-20(24)27)10-15(2)9-21(4,5)13-22/h6-8,15H,9-13H2,1-5H3,(H,23,27)/t15-,22+/m1/s1. The van der Waals surface area contributed by atoms with Crippen LogP contribution in [0.5, 0.6) is 0 Å². The normalized spacial score (nSPS) is 26.5. The van der Waals surface area contributed by atoms with Crippen molar-refractivity contribution >= 4 is 17.9 Å². The maximum atomic E-state index is 13.1. The third kappa shape index (κ3) is 4.05. The number of aryl methyl sites for hydroxylation is 2. The lowest BCUT2D eigenvalue weighted by Gasteiger charge is -2.43. The number of rotatable bonds is 4. The topological polar surface area (TPSA) is 75.7 Å². The van der Waals surface area contributed by atoms with Gasteiger partial charge in [0.05, 0.1) is 0 Å². The molecule has 1 aliphatic heterocycles. The maximum absolute atomic E-state index is 13.1. The summed E-state index contributed by atoms with van der Waals surface area (Å²) in [6, 6.07) is 5.45. The highest BCUT2D eigenvalue weighted by Crippen LogP contribution is 2.46. The Morgan fingerprint density at radius 3 is 2.64 bits per heavy atom. The Morgan fingerprint density at radius 2 is 1.96 bits per heavy atom. The van der Waals surface area contributed by atoms with Gasteiger partial charge in [0.2, 0.25) is 0 Å². The van der Waals surface area contributed by atoms with Gasteiger partial charge in [-0.2, -0.15) is 0 Å². The number of urea groups is 1. The van der Waals surface area contributed by atoms with Crippen LogP contribution in [0.15, 0.2) is 18.2 Å². The molecule has 0 bridgehead atoms. The van der Waals surface area contributed by atoms with E-state index < -0.39 is 17.5 Å². The van der Waals surface area contributed by atoms with Crippen LogP contribution in [0.4, 0.5) is 4.79 Å². The van der Waals surface area contributed by atoms with Gasteiger partial charge in [-0.15, -0.1) is 0 Å². The number of ether oxygens (including phenoxy) is 1. The zero-order valence-electron chi connectivity index (χ0n) is 17.4. The van der Waals surface area contributed by atoms with Crippen molar-refractivity contribution in [2.75, 3.05) is 6.54 Å². The molecule has 2 aliphatic rings. The molecule has 1 saturated carbocycles. The average molecular weight is 386 g/mol. The molecular weight excluding hydrogens is 356 g/mol. The molecule has 152 valence electrons. The summed E-state index contributed by atoms with van der Waals surface area (Å²) < 4.78 is 5.35. The number of nitrogens with one attached hydrogen (secondary N) is 1. The first-order valence-corrected chi connectivity index (χ1v) is 9.87. The number of imide groups is 1. The summed E-state index contributed by atoms with van der Waals surface area (Å²) in [5.41, 5.74) is 2.10. The lowest BCUT2D eigenvalue weighted by molar-refractivity contribution is -0.149. The molecule has 1 aromatic rings. The monoisotopic (exact) mass is 386 g/mol. The highest BCUT2D eigenvalue weighted by atomic mass is 16.5. The molecule has 6 heteroatoms. The number of carbonyl (C=O) groups is 3. The molecule has 2 fully saturated rings. The van der Waals surface area contributed by atoms with Crippen molar-refractivity contribution in [2.45, 2.75) is 66.0 Å². The van der Waals surface area contributed by atoms with Crippen LogP contribution in [0.3, 0.4) is 0 Å². The smallest absolute Gasteiger partial charge is 0.326 e. The lowest BCUT2D eigenvalue weighted by atomic mass is 9.64. The Morgan fingerprint density at radius 1 is 1.25 bits per heavy atom. The van der Waals surface area contributed by atoms with Crippen LogP contribution in [0.2, 0.25) is 0 Å². The van der Waals surface area contributed by atoms with Crippen molar-refractivity contribution in [3.05, 3.63) is 34.9 Å². The zero-order valence-corrected chi connectivity index (χ0v) is 17.4. The minimum Gasteiger partial charge on any atom is -0.459 e. The van der Waals surface area contributed by atoms with E-state index in [2.05, 4.69) is 26.1 Å². The summed E-state index contributed by atoms with van der Waals surface area (Å²) in [6.45, 7) is 10.0. The molecule has 0 unspecified atom stereocenters. The van der Waals surface area contributed by atoms with E-state index in [1.165, 1.54) is 0 Å². The molecule has 1 aromatic carbocycles. The Bertz CT molecular complexity index is 817. The molecule has 2 atom stereocenters. The summed E-state index contributed by atoms with van der Waals surface area (Å²) in [5.74, 6) is -0.561. The number of benzene rings is 1. The van der Waals surface area contributed by atoms with E-state index in [-0.39, 0.29) is 24.5 Å². The quantitative estimate of drug-likeness (QED) is 0.635. The van der Waals surface area contributed by atoms with Crippen molar-refractivity contribution in [3.8, 4) is 0 Å². The molecule has 28 heavy (non-hydrogen) atoms. The minimum absolute atomic E-state index is 0.0418. The van der Waals surface area contributed by atoms with Crippen LogP contribution in [0.25, 0.3) is 0 Å². The third-order valence-electron chi connectivity index (χ3n) is 5.80. The van der Waals surface area contributed by atoms with Crippen LogP contribution in [-0.4, -0.2) is 34.9 Å². The summed E-state index contributed by atoms with van der Waals surface area (Å²) in [5, 5.41) is 2.88. The highest BCUT2D eigenvalue weighted by Gasteiger charge is 2.56. The van der Waals surface area contributed by atoms with Crippen molar-refractivity contribution in [1.29, 1.82) is 0 Å². The summed E-state index contributed by atoms with van der Waals surface area (Å²) in [6.07, 6.45) is 2.20. The summed E-state index contributed by atoms with van der Waals surface area (Å²) in [4.78, 5) is 38.9. The van der Waals surface area contributed by atoms with E-state index in [1.807, 2.05) is 32.0 Å². The van der Waals surface area contributed by atoms with Gasteiger partial charge < -0.3 is 10.1 Å². The second kappa shape index (κ2) is 7.22. The highest BCUT2D eigenvalue weighted by molar-refractivity contribution is 6.08. The van der Waals surface area contributed by atoms with Crippen molar-refractivity contribution in [3.63, 3.8) is 0 Å². The van der Waals surface area contributed by atoms with E-state index >= 15 is 0 Å². The van der Waals surface area contributed by atoms with Crippen LogP contribution in [-0.2, 0) is 20.9 Å². The van der Waals surface area contributed by atoms with Gasteiger partial charge in [-0.05, 0) is 55.6 Å². The van der Waals surface area contributed by atoms with Gasteiger partial charge in [-0.1, -0.05) is 44.5 Å². The van der Waals surface area contributed by atoms with Gasteiger partial charge in [0.15, 0.2) is 0 Å². The number of carbonyl (C=O) groups excluding carboxylic acids is 3. The zero-order chi connectivity index (χ0) is 20.7.